The van der Waals surface area contributed by atoms with Gasteiger partial charge >= 0.3 is 5.97 Å². The molecule has 30 heavy (non-hydrogen) atoms. The van der Waals surface area contributed by atoms with Gasteiger partial charge in [0.05, 0.1) is 41.3 Å². The summed E-state index contributed by atoms with van der Waals surface area (Å²) in [5.41, 5.74) is 1.02. The zero-order chi connectivity index (χ0) is 21.3. The van der Waals surface area contributed by atoms with Crippen molar-refractivity contribution in [1.82, 2.24) is 14.5 Å². The SMILES string of the molecule is O=C(CCn1cnc2ccc(Br)cc2c1=O)OCCN1C(=O)c2ccccc2C1=O. The second-order valence-corrected chi connectivity index (χ2v) is 7.60. The van der Waals surface area contributed by atoms with Crippen LogP contribution in [0.5, 0.6) is 0 Å². The van der Waals surface area contributed by atoms with Crippen LogP contribution in [-0.2, 0) is 16.1 Å². The maximum atomic E-state index is 12.5. The molecule has 0 saturated heterocycles. The van der Waals surface area contributed by atoms with Gasteiger partial charge in [-0.05, 0) is 30.3 Å². The molecule has 1 aromatic heterocycles. The van der Waals surface area contributed by atoms with E-state index in [1.54, 1.807) is 42.5 Å². The molecule has 2 heterocycles. The molecule has 0 atom stereocenters. The quantitative estimate of drug-likeness (QED) is 0.406. The molecular formula is C21H16BrN3O5. The molecule has 8 nitrogen and oxygen atoms in total. The van der Waals surface area contributed by atoms with E-state index in [0.29, 0.717) is 22.0 Å². The lowest BCUT2D eigenvalue weighted by molar-refractivity contribution is -0.144. The summed E-state index contributed by atoms with van der Waals surface area (Å²) < 4.78 is 7.25. The molecule has 0 fully saturated rings. The molecule has 4 rings (SSSR count). The Balaban J connectivity index is 1.32. The number of benzene rings is 2. The molecular weight excluding hydrogens is 454 g/mol. The minimum atomic E-state index is -0.534. The summed E-state index contributed by atoms with van der Waals surface area (Å²) in [5, 5.41) is 0.450. The summed E-state index contributed by atoms with van der Waals surface area (Å²) in [6.07, 6.45) is 1.36. The number of esters is 1. The number of hydrogen-bond donors (Lipinski definition) is 0. The number of fused-ring (bicyclic) bond motifs is 2. The highest BCUT2D eigenvalue weighted by Gasteiger charge is 2.34. The van der Waals surface area contributed by atoms with Gasteiger partial charge in [0.1, 0.15) is 6.61 Å². The zero-order valence-electron chi connectivity index (χ0n) is 15.7. The first-order chi connectivity index (χ1) is 14.5. The summed E-state index contributed by atoms with van der Waals surface area (Å²) in [6.45, 7) is -0.0220. The zero-order valence-corrected chi connectivity index (χ0v) is 17.3. The molecule has 3 aromatic rings. The number of ether oxygens (including phenoxy) is 1. The smallest absolute Gasteiger partial charge is 0.307 e. The van der Waals surface area contributed by atoms with Gasteiger partial charge in [-0.1, -0.05) is 28.1 Å². The van der Waals surface area contributed by atoms with Crippen molar-refractivity contribution in [3.05, 3.63) is 74.7 Å². The van der Waals surface area contributed by atoms with E-state index in [-0.39, 0.29) is 31.7 Å². The van der Waals surface area contributed by atoms with Crippen LogP contribution >= 0.6 is 15.9 Å². The van der Waals surface area contributed by atoms with E-state index >= 15 is 0 Å². The van der Waals surface area contributed by atoms with E-state index < -0.39 is 17.8 Å². The molecule has 0 bridgehead atoms. The second-order valence-electron chi connectivity index (χ2n) is 6.68. The fraction of sp³-hybridized carbons (Fsp3) is 0.190. The van der Waals surface area contributed by atoms with Crippen molar-refractivity contribution in [3.63, 3.8) is 0 Å². The summed E-state index contributed by atoms with van der Waals surface area (Å²) in [7, 11) is 0. The number of aromatic nitrogens is 2. The molecule has 0 spiro atoms. The second kappa shape index (κ2) is 8.19. The van der Waals surface area contributed by atoms with Gasteiger partial charge in [0, 0.05) is 11.0 Å². The molecule has 0 unspecified atom stereocenters. The van der Waals surface area contributed by atoms with Gasteiger partial charge in [-0.25, -0.2) is 4.98 Å². The maximum absolute atomic E-state index is 12.5. The van der Waals surface area contributed by atoms with Crippen LogP contribution in [-0.4, -0.2) is 45.4 Å². The predicted molar refractivity (Wildman–Crippen MR) is 111 cm³/mol. The van der Waals surface area contributed by atoms with Crippen LogP contribution in [0.1, 0.15) is 27.1 Å². The fourth-order valence-electron chi connectivity index (χ4n) is 3.27. The Bertz CT molecular complexity index is 1200. The van der Waals surface area contributed by atoms with Crippen LogP contribution in [0.4, 0.5) is 0 Å². The Morgan fingerprint density at radius 2 is 1.70 bits per heavy atom. The summed E-state index contributed by atoms with van der Waals surface area (Å²) >= 11 is 3.33. The number of halogens is 1. The number of rotatable bonds is 6. The first-order valence-electron chi connectivity index (χ1n) is 9.21. The van der Waals surface area contributed by atoms with Gasteiger partial charge in [0.25, 0.3) is 17.4 Å². The lowest BCUT2D eigenvalue weighted by atomic mass is 10.1. The molecule has 0 aliphatic carbocycles. The Morgan fingerprint density at radius 3 is 2.40 bits per heavy atom. The lowest BCUT2D eigenvalue weighted by Crippen LogP contribution is -2.33. The fourth-order valence-corrected chi connectivity index (χ4v) is 3.63. The standard InChI is InChI=1S/C21H16BrN3O5/c22-13-5-6-17-16(11-13)19(27)24(12-23-17)8-7-18(26)30-10-9-25-20(28)14-3-1-2-4-15(14)21(25)29/h1-6,11-12H,7-10H2. The van der Waals surface area contributed by atoms with Gasteiger partial charge in [0.2, 0.25) is 0 Å². The van der Waals surface area contributed by atoms with Crippen molar-refractivity contribution < 1.29 is 19.1 Å². The van der Waals surface area contributed by atoms with Crippen LogP contribution in [0.3, 0.4) is 0 Å². The highest BCUT2D eigenvalue weighted by molar-refractivity contribution is 9.10. The van der Waals surface area contributed by atoms with Crippen LogP contribution in [0.25, 0.3) is 10.9 Å². The van der Waals surface area contributed by atoms with Crippen LogP contribution in [0.15, 0.2) is 58.1 Å². The molecule has 9 heteroatoms. The summed E-state index contributed by atoms with van der Waals surface area (Å²) in [5.74, 6) is -1.33. The number of amides is 2. The maximum Gasteiger partial charge on any atom is 0.307 e. The molecule has 0 N–H and O–H groups in total. The predicted octanol–water partition coefficient (Wildman–Crippen LogP) is 2.39. The molecule has 152 valence electrons. The van der Waals surface area contributed by atoms with E-state index in [9.17, 15) is 19.2 Å². The Morgan fingerprint density at radius 1 is 1.00 bits per heavy atom. The normalized spacial score (nSPS) is 13.0. The van der Waals surface area contributed by atoms with Gasteiger partial charge < -0.3 is 4.74 Å². The van der Waals surface area contributed by atoms with Crippen molar-refractivity contribution in [2.24, 2.45) is 0 Å². The van der Waals surface area contributed by atoms with Crippen molar-refractivity contribution in [2.45, 2.75) is 13.0 Å². The minimum absolute atomic E-state index is 0.0242. The van der Waals surface area contributed by atoms with Gasteiger partial charge in [-0.15, -0.1) is 0 Å². The van der Waals surface area contributed by atoms with Gasteiger partial charge in [0.15, 0.2) is 0 Å². The Hall–Kier alpha value is -3.33. The first-order valence-corrected chi connectivity index (χ1v) is 10.0. The molecule has 2 amide bonds. The average molecular weight is 470 g/mol. The monoisotopic (exact) mass is 469 g/mol. The van der Waals surface area contributed by atoms with Crippen LogP contribution in [0.2, 0.25) is 0 Å². The third-order valence-corrected chi connectivity index (χ3v) is 5.29. The molecule has 1 aliphatic rings. The van der Waals surface area contributed by atoms with Crippen molar-refractivity contribution in [2.75, 3.05) is 13.2 Å². The number of nitrogens with zero attached hydrogens (tertiary/aromatic N) is 3. The van der Waals surface area contributed by atoms with E-state index in [1.165, 1.54) is 10.9 Å². The number of carbonyl (C=O) groups excluding carboxylic acids is 3. The number of aryl methyl sites for hydroxylation is 1. The van der Waals surface area contributed by atoms with E-state index in [1.807, 2.05) is 0 Å². The number of carbonyl (C=O) groups is 3. The summed E-state index contributed by atoms with van der Waals surface area (Å²) in [6, 6.07) is 11.8. The highest BCUT2D eigenvalue weighted by atomic mass is 79.9. The number of imide groups is 1. The molecule has 0 radical (unpaired) electrons. The van der Waals surface area contributed by atoms with E-state index in [4.69, 9.17) is 4.74 Å². The summed E-state index contributed by atoms with van der Waals surface area (Å²) in [4.78, 5) is 54.4. The molecule has 2 aromatic carbocycles. The van der Waals surface area contributed by atoms with Crippen molar-refractivity contribution in [3.8, 4) is 0 Å². The largest absolute Gasteiger partial charge is 0.464 e. The lowest BCUT2D eigenvalue weighted by Gasteiger charge is -2.14. The topological polar surface area (TPSA) is 98.6 Å². The minimum Gasteiger partial charge on any atom is -0.464 e. The number of hydrogen-bond acceptors (Lipinski definition) is 6. The highest BCUT2D eigenvalue weighted by Crippen LogP contribution is 2.22. The van der Waals surface area contributed by atoms with Crippen LogP contribution < -0.4 is 5.56 Å². The van der Waals surface area contributed by atoms with E-state index in [0.717, 1.165) is 9.37 Å². The average Bonchev–Trinajstić information content (AvgIpc) is 2.99. The Kier molecular flexibility index (Phi) is 5.45. The van der Waals surface area contributed by atoms with Gasteiger partial charge in [-0.2, -0.15) is 0 Å². The Labute approximate surface area is 179 Å². The first kappa shape index (κ1) is 20.0. The van der Waals surface area contributed by atoms with Crippen molar-refractivity contribution in [1.29, 1.82) is 0 Å². The third kappa shape index (κ3) is 3.76. The van der Waals surface area contributed by atoms with Crippen molar-refractivity contribution >= 4 is 44.6 Å². The van der Waals surface area contributed by atoms with Gasteiger partial charge in [-0.3, -0.25) is 28.6 Å². The third-order valence-electron chi connectivity index (χ3n) is 4.80. The molecule has 0 saturated carbocycles. The van der Waals surface area contributed by atoms with E-state index in [2.05, 4.69) is 20.9 Å². The van der Waals surface area contributed by atoms with Crippen LogP contribution in [0, 0.1) is 0 Å². The molecule has 1 aliphatic heterocycles.